The summed E-state index contributed by atoms with van der Waals surface area (Å²) in [6.07, 6.45) is 22.1. The maximum Gasteiger partial charge on any atom is 0.157 e. The first-order chi connectivity index (χ1) is 34.4. The number of carboxylic acid groups (broad SMARTS) is 2. The van der Waals surface area contributed by atoms with Gasteiger partial charge in [-0.15, -0.1) is 0 Å². The lowest BCUT2D eigenvalue weighted by molar-refractivity contribution is -0.929. The first-order valence-electron chi connectivity index (χ1n) is 27.9. The molecule has 3 aliphatic rings. The highest BCUT2D eigenvalue weighted by Gasteiger charge is 2.55. The van der Waals surface area contributed by atoms with Crippen LogP contribution in [0.5, 0.6) is 23.0 Å². The monoisotopic (exact) mass is 995 g/mol. The zero-order valence-corrected chi connectivity index (χ0v) is 46.2. The summed E-state index contributed by atoms with van der Waals surface area (Å²) in [6, 6.07) is 19.2. The number of unbranched alkanes of at least 4 members (excludes halogenated alkanes) is 8. The minimum absolute atomic E-state index is 0.0556. The van der Waals surface area contributed by atoms with Gasteiger partial charge < -0.3 is 49.2 Å². The maximum atomic E-state index is 10.2. The Bertz CT molecular complexity index is 1980. The largest absolute Gasteiger partial charge is 0.545 e. The van der Waals surface area contributed by atoms with Crippen molar-refractivity contribution in [1.82, 2.24) is 0 Å². The number of carbonyl (C=O) groups is 2. The average molecular weight is 995 g/mol. The highest BCUT2D eigenvalue weighted by molar-refractivity contribution is 5.89. The van der Waals surface area contributed by atoms with Crippen LogP contribution in [0.15, 0.2) is 72.8 Å². The molecule has 0 unspecified atom stereocenters. The number of rotatable bonds is 26. The van der Waals surface area contributed by atoms with Gasteiger partial charge in [0.25, 0.3) is 0 Å². The second kappa shape index (κ2) is 29.6. The molecule has 4 N–H and O–H groups in total. The zero-order chi connectivity index (χ0) is 53.5. The minimum atomic E-state index is -1.33. The SMILES string of the molecule is CC12c3ccccc3C(C)(c3cc(O)c(O)cc31)c1cc(O)c(O)cc12.CCCC[N+](CCCC)(CCCC)CCCC.CCCC[N+](CCCC)(CCCC)CCCC.O=C([O-])c1ccc(C(=O)[O-])cc1. The Labute approximate surface area is 435 Å². The van der Waals surface area contributed by atoms with E-state index in [9.17, 15) is 40.2 Å². The quantitative estimate of drug-likeness (QED) is 0.0357. The molecule has 0 saturated carbocycles. The molecule has 0 heterocycles. The van der Waals surface area contributed by atoms with Gasteiger partial charge in [-0.3, -0.25) is 0 Å². The van der Waals surface area contributed by atoms with Crippen LogP contribution in [0.2, 0.25) is 0 Å². The number of hydrogen-bond acceptors (Lipinski definition) is 8. The number of phenolic OH excluding ortho intramolecular Hbond substituents is 4. The fraction of sp³-hybridized carbons (Fsp3) is 0.581. The van der Waals surface area contributed by atoms with Gasteiger partial charge in [-0.05, 0) is 134 Å². The molecule has 0 spiro atoms. The van der Waals surface area contributed by atoms with E-state index in [4.69, 9.17) is 0 Å². The van der Waals surface area contributed by atoms with Crippen LogP contribution in [0.4, 0.5) is 0 Å². The molecule has 0 fully saturated rings. The van der Waals surface area contributed by atoms with E-state index in [0.717, 1.165) is 57.6 Å². The average Bonchev–Trinajstić information content (AvgIpc) is 3.38. The number of hydrogen-bond donors (Lipinski definition) is 4. The van der Waals surface area contributed by atoms with Crippen molar-refractivity contribution in [1.29, 1.82) is 0 Å². The molecule has 0 saturated heterocycles. The molecule has 10 nitrogen and oxygen atoms in total. The molecule has 0 radical (unpaired) electrons. The molecular weight excluding hydrogens is 901 g/mol. The molecule has 0 aliphatic heterocycles. The number of aromatic hydroxyl groups is 4. The van der Waals surface area contributed by atoms with Crippen LogP contribution < -0.4 is 10.2 Å². The molecule has 7 rings (SSSR count). The lowest BCUT2D eigenvalue weighted by atomic mass is 9.48. The van der Waals surface area contributed by atoms with E-state index in [2.05, 4.69) is 81.4 Å². The van der Waals surface area contributed by atoms with Gasteiger partial charge in [-0.25, -0.2) is 0 Å². The number of aromatic carboxylic acids is 2. The van der Waals surface area contributed by atoms with Crippen molar-refractivity contribution in [2.75, 3.05) is 52.4 Å². The van der Waals surface area contributed by atoms with Crippen LogP contribution in [-0.4, -0.2) is 93.7 Å². The Morgan fingerprint density at radius 1 is 0.375 bits per heavy atom. The third kappa shape index (κ3) is 15.3. The number of carboxylic acids is 2. The van der Waals surface area contributed by atoms with Crippen molar-refractivity contribution in [2.24, 2.45) is 0 Å². The summed E-state index contributed by atoms with van der Waals surface area (Å²) >= 11 is 0. The van der Waals surface area contributed by atoms with Crippen LogP contribution in [0.1, 0.15) is 226 Å². The van der Waals surface area contributed by atoms with Crippen molar-refractivity contribution < 1.29 is 49.2 Å². The Balaban J connectivity index is 0.000000265. The van der Waals surface area contributed by atoms with E-state index in [-0.39, 0.29) is 34.1 Å². The third-order valence-corrected chi connectivity index (χ3v) is 15.6. The fourth-order valence-corrected chi connectivity index (χ4v) is 11.1. The minimum Gasteiger partial charge on any atom is -0.545 e. The van der Waals surface area contributed by atoms with Gasteiger partial charge >= 0.3 is 0 Å². The van der Waals surface area contributed by atoms with Crippen molar-refractivity contribution in [3.8, 4) is 23.0 Å². The number of benzene rings is 4. The zero-order valence-electron chi connectivity index (χ0n) is 46.2. The summed E-state index contributed by atoms with van der Waals surface area (Å²) in [6.45, 7) is 34.1. The summed E-state index contributed by atoms with van der Waals surface area (Å²) in [5.41, 5.74) is 4.43. The number of quaternary nitrogens is 2. The highest BCUT2D eigenvalue weighted by atomic mass is 16.4. The lowest BCUT2D eigenvalue weighted by Crippen LogP contribution is -2.50. The predicted molar refractivity (Wildman–Crippen MR) is 291 cm³/mol. The van der Waals surface area contributed by atoms with Crippen molar-refractivity contribution >= 4 is 11.9 Å². The smallest absolute Gasteiger partial charge is 0.157 e. The van der Waals surface area contributed by atoms with Crippen LogP contribution in [-0.2, 0) is 10.8 Å². The van der Waals surface area contributed by atoms with E-state index in [0.29, 0.717) is 0 Å². The molecule has 4 aromatic rings. The summed E-state index contributed by atoms with van der Waals surface area (Å²) in [4.78, 5) is 20.4. The van der Waals surface area contributed by atoms with Crippen LogP contribution in [0, 0.1) is 0 Å². The molecule has 10 heteroatoms. The second-order valence-electron chi connectivity index (χ2n) is 21.0. The van der Waals surface area contributed by atoms with E-state index in [1.807, 2.05) is 12.1 Å². The van der Waals surface area contributed by atoms with Crippen molar-refractivity contribution in [3.63, 3.8) is 0 Å². The van der Waals surface area contributed by atoms with Gasteiger partial charge in [0.15, 0.2) is 23.0 Å². The molecule has 4 aromatic carbocycles. The summed E-state index contributed by atoms with van der Waals surface area (Å²) in [5.74, 6) is -3.32. The van der Waals surface area contributed by atoms with Gasteiger partial charge in [0.1, 0.15) is 0 Å². The second-order valence-corrected chi connectivity index (χ2v) is 21.0. The molecular formula is C62H94N2O8. The van der Waals surface area contributed by atoms with E-state index >= 15 is 0 Å². The van der Waals surface area contributed by atoms with Gasteiger partial charge in [0.2, 0.25) is 0 Å². The van der Waals surface area contributed by atoms with Crippen molar-refractivity contribution in [2.45, 2.75) is 183 Å². The van der Waals surface area contributed by atoms with E-state index in [1.54, 1.807) is 24.3 Å². The number of phenols is 4. The summed E-state index contributed by atoms with van der Waals surface area (Å²) in [7, 11) is 0. The van der Waals surface area contributed by atoms with Gasteiger partial charge in [0.05, 0.1) is 64.3 Å². The molecule has 0 amide bonds. The Morgan fingerprint density at radius 3 is 0.736 bits per heavy atom. The fourth-order valence-electron chi connectivity index (χ4n) is 11.1. The van der Waals surface area contributed by atoms with Crippen LogP contribution in [0.25, 0.3) is 0 Å². The molecule has 0 aromatic heterocycles. The molecule has 72 heavy (non-hydrogen) atoms. The maximum absolute atomic E-state index is 10.2. The van der Waals surface area contributed by atoms with Crippen LogP contribution in [0.3, 0.4) is 0 Å². The topological polar surface area (TPSA) is 161 Å². The Morgan fingerprint density at radius 2 is 0.569 bits per heavy atom. The van der Waals surface area contributed by atoms with Gasteiger partial charge in [-0.2, -0.15) is 0 Å². The number of carbonyl (C=O) groups excluding carboxylic acids is 2. The first-order valence-corrected chi connectivity index (χ1v) is 27.9. The van der Waals surface area contributed by atoms with Gasteiger partial charge in [0, 0.05) is 10.8 Å². The van der Waals surface area contributed by atoms with Gasteiger partial charge in [-0.1, -0.05) is 155 Å². The molecule has 400 valence electrons. The summed E-state index contributed by atoms with van der Waals surface area (Å²) in [5, 5.41) is 61.0. The van der Waals surface area contributed by atoms with E-state index < -0.39 is 22.8 Å². The van der Waals surface area contributed by atoms with Crippen LogP contribution >= 0.6 is 0 Å². The molecule has 0 atom stereocenters. The highest BCUT2D eigenvalue weighted by Crippen LogP contribution is 2.63. The Hall–Kier alpha value is -5.06. The Kier molecular flexibility index (Phi) is 25.2. The molecule has 2 bridgehead atoms. The normalized spacial score (nSPS) is 16.1. The molecule has 3 aliphatic carbocycles. The van der Waals surface area contributed by atoms with Crippen molar-refractivity contribution in [3.05, 3.63) is 117 Å². The van der Waals surface area contributed by atoms with E-state index in [1.165, 1.54) is 164 Å². The number of nitrogens with zero attached hydrogens (tertiary/aromatic N) is 2. The lowest BCUT2D eigenvalue weighted by Gasteiger charge is -2.54. The third-order valence-electron chi connectivity index (χ3n) is 15.6. The standard InChI is InChI=1S/C22H18O4.2C16H36N.C8H6O4/c1-21-11-5-3-4-6-12(11)22(2,15-9-19(25)17(23)7-13(15)21)16-10-20(26)18(24)8-14(16)21;2*1-5-9-13-17(14-10-6-2,15-11-7-3)16-12-8-4;9-7(10)5-1-2-6(4-3-5)8(11)12/h3-10,23-26H,1-2H3;2*5-16H2,1-4H3;1-4H,(H,9,10)(H,11,12)/q;2*+1;/p-2. The predicted octanol–water partition coefficient (Wildman–Crippen LogP) is 12.3. The summed E-state index contributed by atoms with van der Waals surface area (Å²) < 4.78 is 2.84. The first kappa shape index (κ1) is 61.2.